The predicted octanol–water partition coefficient (Wildman–Crippen LogP) is 0.570. The van der Waals surface area contributed by atoms with Crippen molar-refractivity contribution in [1.82, 2.24) is 9.78 Å². The van der Waals surface area contributed by atoms with Crippen LogP contribution in [0.5, 0.6) is 0 Å². The molecule has 0 atom stereocenters. The van der Waals surface area contributed by atoms with E-state index in [9.17, 15) is 8.42 Å². The van der Waals surface area contributed by atoms with Gasteiger partial charge in [-0.2, -0.15) is 5.10 Å². The van der Waals surface area contributed by atoms with Gasteiger partial charge in [-0.3, -0.25) is 4.68 Å². The van der Waals surface area contributed by atoms with Crippen molar-refractivity contribution < 1.29 is 8.42 Å². The molecule has 0 amide bonds. The van der Waals surface area contributed by atoms with Gasteiger partial charge in [0.25, 0.3) is 0 Å². The summed E-state index contributed by atoms with van der Waals surface area (Å²) < 4.78 is 24.2. The summed E-state index contributed by atoms with van der Waals surface area (Å²) in [5.74, 6) is 0. The summed E-state index contributed by atoms with van der Waals surface area (Å²) in [6.07, 6.45) is 1.78. The van der Waals surface area contributed by atoms with Crippen LogP contribution in [0.3, 0.4) is 0 Å². The van der Waals surface area contributed by atoms with Gasteiger partial charge in [-0.15, -0.1) is 0 Å². The van der Waals surface area contributed by atoms with E-state index in [1.165, 1.54) is 12.1 Å². The van der Waals surface area contributed by atoms with E-state index in [0.717, 1.165) is 11.3 Å². The number of hydrogen-bond acceptors (Lipinski definition) is 5. The first-order valence-corrected chi connectivity index (χ1v) is 7.47. The molecule has 5 N–H and O–H groups in total. The van der Waals surface area contributed by atoms with Crippen LogP contribution in [0, 0.1) is 6.92 Å². The monoisotopic (exact) mass is 295 g/mol. The summed E-state index contributed by atoms with van der Waals surface area (Å²) in [7, 11) is -1.86. The largest absolute Gasteiger partial charge is 0.397 e. The Bertz CT molecular complexity index is 736. The minimum Gasteiger partial charge on any atom is -0.397 e. The topological polar surface area (TPSA) is 116 Å². The predicted molar refractivity (Wildman–Crippen MR) is 77.5 cm³/mol. The first-order chi connectivity index (χ1) is 9.29. The second kappa shape index (κ2) is 5.14. The molecule has 1 aromatic carbocycles. The summed E-state index contributed by atoms with van der Waals surface area (Å²) in [6, 6.07) is 4.36. The van der Waals surface area contributed by atoms with E-state index in [-0.39, 0.29) is 4.90 Å². The van der Waals surface area contributed by atoms with Crippen molar-refractivity contribution in [2.75, 3.05) is 11.1 Å². The van der Waals surface area contributed by atoms with E-state index < -0.39 is 10.0 Å². The van der Waals surface area contributed by atoms with Crippen molar-refractivity contribution in [1.29, 1.82) is 0 Å². The smallest absolute Gasteiger partial charge is 0.238 e. The number of aryl methyl sites for hydroxylation is 1. The van der Waals surface area contributed by atoms with E-state index >= 15 is 0 Å². The number of nitrogens with two attached hydrogens (primary N) is 2. The van der Waals surface area contributed by atoms with Crippen LogP contribution in [0.15, 0.2) is 29.3 Å². The van der Waals surface area contributed by atoms with Crippen LogP contribution in [0.2, 0.25) is 0 Å². The van der Waals surface area contributed by atoms with Gasteiger partial charge in [-0.1, -0.05) is 0 Å². The molecule has 0 unspecified atom stereocenters. The minimum absolute atomic E-state index is 0.00175. The van der Waals surface area contributed by atoms with Gasteiger partial charge in [0.05, 0.1) is 22.5 Å². The van der Waals surface area contributed by atoms with Gasteiger partial charge >= 0.3 is 0 Å². The van der Waals surface area contributed by atoms with Gasteiger partial charge in [0.15, 0.2) is 0 Å². The molecule has 0 spiro atoms. The third kappa shape index (κ3) is 2.91. The van der Waals surface area contributed by atoms with Gasteiger partial charge in [0.2, 0.25) is 10.0 Å². The number of nitrogen functional groups attached to an aromatic ring is 1. The molecular weight excluding hydrogens is 278 g/mol. The van der Waals surface area contributed by atoms with Gasteiger partial charge in [0, 0.05) is 24.8 Å². The van der Waals surface area contributed by atoms with Crippen LogP contribution in [-0.4, -0.2) is 18.2 Å². The van der Waals surface area contributed by atoms with Crippen molar-refractivity contribution in [3.05, 3.63) is 35.7 Å². The van der Waals surface area contributed by atoms with E-state index in [0.29, 0.717) is 17.9 Å². The van der Waals surface area contributed by atoms with Crippen LogP contribution < -0.4 is 16.2 Å². The third-order valence-corrected chi connectivity index (χ3v) is 4.07. The number of nitrogens with zero attached hydrogens (tertiary/aromatic N) is 2. The lowest BCUT2D eigenvalue weighted by molar-refractivity contribution is 0.598. The van der Waals surface area contributed by atoms with Crippen LogP contribution in [-0.2, 0) is 23.6 Å². The molecule has 0 aliphatic carbocycles. The lowest BCUT2D eigenvalue weighted by Crippen LogP contribution is -2.13. The number of aromatic nitrogens is 2. The zero-order chi connectivity index (χ0) is 14.9. The van der Waals surface area contributed by atoms with E-state index in [2.05, 4.69) is 10.4 Å². The Balaban J connectivity index is 2.17. The van der Waals surface area contributed by atoms with Crippen LogP contribution in [0.4, 0.5) is 11.4 Å². The van der Waals surface area contributed by atoms with E-state index in [4.69, 9.17) is 10.9 Å². The standard InChI is InChI=1S/C12H17N5O2S/c1-8-9(7-16-17(8)2)6-15-12-4-3-10(5-11(12)13)20(14,18)19/h3-5,7,15H,6,13H2,1-2H3,(H2,14,18,19). The summed E-state index contributed by atoms with van der Waals surface area (Å²) in [4.78, 5) is -0.00175. The van der Waals surface area contributed by atoms with Crippen molar-refractivity contribution in [3.8, 4) is 0 Å². The first-order valence-electron chi connectivity index (χ1n) is 5.92. The molecule has 2 aromatic rings. The molecule has 0 aliphatic heterocycles. The maximum atomic E-state index is 11.2. The lowest BCUT2D eigenvalue weighted by atomic mass is 10.2. The van der Waals surface area contributed by atoms with Crippen LogP contribution in [0.1, 0.15) is 11.3 Å². The highest BCUT2D eigenvalue weighted by Crippen LogP contribution is 2.22. The zero-order valence-corrected chi connectivity index (χ0v) is 12.1. The zero-order valence-electron chi connectivity index (χ0n) is 11.3. The maximum Gasteiger partial charge on any atom is 0.238 e. The summed E-state index contributed by atoms with van der Waals surface area (Å²) in [5, 5.41) is 12.3. The fourth-order valence-electron chi connectivity index (χ4n) is 1.79. The van der Waals surface area contributed by atoms with Crippen LogP contribution in [0.25, 0.3) is 0 Å². The van der Waals surface area contributed by atoms with Crippen molar-refractivity contribution >= 4 is 21.4 Å². The fraction of sp³-hybridized carbons (Fsp3) is 0.250. The van der Waals surface area contributed by atoms with Gasteiger partial charge < -0.3 is 11.1 Å². The molecule has 7 nitrogen and oxygen atoms in total. The molecule has 108 valence electrons. The normalized spacial score (nSPS) is 11.6. The highest BCUT2D eigenvalue weighted by Gasteiger charge is 2.10. The molecule has 8 heteroatoms. The fourth-order valence-corrected chi connectivity index (χ4v) is 2.34. The highest BCUT2D eigenvalue weighted by molar-refractivity contribution is 7.89. The number of rotatable bonds is 4. The molecule has 0 aliphatic rings. The average molecular weight is 295 g/mol. The Morgan fingerprint density at radius 2 is 2.10 bits per heavy atom. The van der Waals surface area contributed by atoms with E-state index in [1.807, 2.05) is 14.0 Å². The van der Waals surface area contributed by atoms with E-state index in [1.54, 1.807) is 16.9 Å². The molecule has 0 radical (unpaired) electrons. The second-order valence-corrected chi connectivity index (χ2v) is 6.09. The lowest BCUT2D eigenvalue weighted by Gasteiger charge is -2.10. The van der Waals surface area contributed by atoms with Crippen LogP contribution >= 0.6 is 0 Å². The van der Waals surface area contributed by atoms with Crippen molar-refractivity contribution in [3.63, 3.8) is 0 Å². The highest BCUT2D eigenvalue weighted by atomic mass is 32.2. The SMILES string of the molecule is Cc1c(CNc2ccc(S(N)(=O)=O)cc2N)cnn1C. The molecular formula is C12H17N5O2S. The van der Waals surface area contributed by atoms with Crippen molar-refractivity contribution in [2.24, 2.45) is 12.2 Å². The Kier molecular flexibility index (Phi) is 3.69. The average Bonchev–Trinajstić information content (AvgIpc) is 2.67. The molecule has 2 rings (SSSR count). The Hall–Kier alpha value is -2.06. The molecule has 1 aromatic heterocycles. The second-order valence-electron chi connectivity index (χ2n) is 4.53. The molecule has 0 saturated heterocycles. The number of anilines is 2. The Labute approximate surface area is 117 Å². The number of primary sulfonamides is 1. The molecule has 0 saturated carbocycles. The minimum atomic E-state index is -3.73. The number of benzene rings is 1. The van der Waals surface area contributed by atoms with Gasteiger partial charge in [-0.05, 0) is 25.1 Å². The Morgan fingerprint density at radius 1 is 1.40 bits per heavy atom. The molecule has 0 fully saturated rings. The Morgan fingerprint density at radius 3 is 2.60 bits per heavy atom. The van der Waals surface area contributed by atoms with Gasteiger partial charge in [-0.25, -0.2) is 13.6 Å². The quantitative estimate of drug-likeness (QED) is 0.713. The number of sulfonamides is 1. The third-order valence-electron chi connectivity index (χ3n) is 3.16. The van der Waals surface area contributed by atoms with Crippen molar-refractivity contribution in [2.45, 2.75) is 18.4 Å². The molecule has 0 bridgehead atoms. The summed E-state index contributed by atoms with van der Waals surface area (Å²) in [5.41, 5.74) is 8.90. The maximum absolute atomic E-state index is 11.2. The first kappa shape index (κ1) is 14.4. The molecule has 1 heterocycles. The van der Waals surface area contributed by atoms with Gasteiger partial charge in [0.1, 0.15) is 0 Å². The molecule has 20 heavy (non-hydrogen) atoms. The summed E-state index contributed by atoms with van der Waals surface area (Å²) in [6.45, 7) is 2.52. The number of nitrogens with one attached hydrogen (secondary N) is 1. The number of hydrogen-bond donors (Lipinski definition) is 3. The summed E-state index contributed by atoms with van der Waals surface area (Å²) >= 11 is 0.